The second-order valence-electron chi connectivity index (χ2n) is 18.3. The maximum atomic E-state index is 11.9. The molecule has 4 heteroatoms. The van der Waals surface area contributed by atoms with Crippen LogP contribution in [0.3, 0.4) is 0 Å². The monoisotopic (exact) mass is 781 g/mol. The van der Waals surface area contributed by atoms with Gasteiger partial charge in [-0.05, 0) is 127 Å². The fraction of sp³-hybridized carbons (Fsp3) is 0.179. The van der Waals surface area contributed by atoms with E-state index >= 15 is 0 Å². The minimum absolute atomic E-state index is 0.120. The molecule has 0 amide bonds. The van der Waals surface area contributed by atoms with Crippen molar-refractivity contribution in [1.82, 2.24) is 14.5 Å². The molecule has 2 aromatic heterocycles. The van der Waals surface area contributed by atoms with Crippen molar-refractivity contribution in [2.75, 3.05) is 0 Å². The summed E-state index contributed by atoms with van der Waals surface area (Å²) in [4.78, 5) is 10.5. The highest BCUT2D eigenvalue weighted by atomic mass is 16.3. The summed E-state index contributed by atoms with van der Waals surface area (Å²) in [7, 11) is 2.05. The highest BCUT2D eigenvalue weighted by molar-refractivity contribution is 5.97. The Hall–Kier alpha value is -6.78. The molecule has 0 radical (unpaired) electrons. The molecule has 0 spiro atoms. The van der Waals surface area contributed by atoms with E-state index in [-0.39, 0.29) is 16.6 Å². The van der Waals surface area contributed by atoms with Gasteiger partial charge >= 0.3 is 0 Å². The van der Waals surface area contributed by atoms with Crippen LogP contribution in [0, 0.1) is 6.92 Å². The lowest BCUT2D eigenvalue weighted by Gasteiger charge is -2.27. The molecule has 9 rings (SSSR count). The van der Waals surface area contributed by atoms with E-state index in [1.54, 1.807) is 0 Å². The summed E-state index contributed by atoms with van der Waals surface area (Å²) >= 11 is 0. The molecule has 0 atom stereocenters. The number of hydrogen-bond donors (Lipinski definition) is 1. The molecular weight excluding hydrogens is 731 g/mol. The van der Waals surface area contributed by atoms with Gasteiger partial charge in [0.1, 0.15) is 11.6 Å². The Balaban J connectivity index is 1.25. The number of pyridine rings is 1. The van der Waals surface area contributed by atoms with Crippen LogP contribution < -0.4 is 0 Å². The van der Waals surface area contributed by atoms with Crippen LogP contribution in [0.2, 0.25) is 0 Å². The number of aromatic nitrogens is 3. The van der Waals surface area contributed by atoms with Gasteiger partial charge in [0.25, 0.3) is 0 Å². The van der Waals surface area contributed by atoms with E-state index in [1.165, 1.54) is 21.9 Å². The van der Waals surface area contributed by atoms with Gasteiger partial charge in [0, 0.05) is 29.9 Å². The predicted molar refractivity (Wildman–Crippen MR) is 252 cm³/mol. The van der Waals surface area contributed by atoms with Gasteiger partial charge in [-0.25, -0.2) is 4.98 Å². The minimum atomic E-state index is -0.261. The van der Waals surface area contributed by atoms with Crippen LogP contribution in [0.1, 0.15) is 58.2 Å². The Morgan fingerprint density at radius 3 is 1.90 bits per heavy atom. The largest absolute Gasteiger partial charge is 0.507 e. The zero-order valence-electron chi connectivity index (χ0n) is 35.8. The average molecular weight is 782 g/mol. The maximum absolute atomic E-state index is 11.9. The lowest BCUT2D eigenvalue weighted by Crippen LogP contribution is -2.17. The fourth-order valence-electron chi connectivity index (χ4n) is 8.45. The molecule has 9 aromatic rings. The second-order valence-corrected chi connectivity index (χ2v) is 18.3. The summed E-state index contributed by atoms with van der Waals surface area (Å²) in [5, 5.41) is 14.4. The molecule has 0 saturated heterocycles. The number of aromatic hydroxyl groups is 1. The first-order chi connectivity index (χ1) is 28.7. The zero-order valence-corrected chi connectivity index (χ0v) is 35.8. The van der Waals surface area contributed by atoms with Crippen LogP contribution >= 0.6 is 0 Å². The molecule has 7 aromatic carbocycles. The van der Waals surface area contributed by atoms with Crippen LogP contribution in [0.5, 0.6) is 5.75 Å². The Morgan fingerprint density at radius 2 is 1.15 bits per heavy atom. The number of benzene rings is 7. The van der Waals surface area contributed by atoms with Gasteiger partial charge in [0.05, 0.1) is 22.3 Å². The number of imidazole rings is 1. The van der Waals surface area contributed by atoms with Crippen LogP contribution in [-0.4, -0.2) is 19.6 Å². The van der Waals surface area contributed by atoms with E-state index in [0.29, 0.717) is 0 Å². The number of fused-ring (bicyclic) bond motifs is 2. The van der Waals surface area contributed by atoms with Gasteiger partial charge in [0.2, 0.25) is 0 Å². The minimum Gasteiger partial charge on any atom is -0.507 e. The first-order valence-corrected chi connectivity index (χ1v) is 20.8. The number of phenols is 1. The normalized spacial score (nSPS) is 12.1. The molecule has 2 heterocycles. The number of aryl methyl sites for hydroxylation is 2. The molecule has 296 valence electrons. The standard InChI is InChI=1S/C56H51N3O/c1-35-34-57-50(33-47(35)41-25-24-37-18-12-13-19-38(37)27-41)44-29-42(40-21-14-20-39(26-40)36-16-10-9-11-17-36)28-43(30-44)46-22-15-23-51-52(46)58-54(59(51)8)48-31-45(55(2,3)4)32-49(53(48)60)56(5,6)7/h9-34,60H,1-8H3. The molecule has 0 fully saturated rings. The smallest absolute Gasteiger partial charge is 0.144 e. The molecule has 0 bridgehead atoms. The Kier molecular flexibility index (Phi) is 9.55. The number of phenolic OH excluding ortho intramolecular Hbond substituents is 1. The van der Waals surface area contributed by atoms with Crippen LogP contribution in [0.25, 0.3) is 89.0 Å². The third kappa shape index (κ3) is 7.17. The van der Waals surface area contributed by atoms with E-state index in [1.807, 2.05) is 6.20 Å². The molecule has 0 aliphatic heterocycles. The molecule has 0 unspecified atom stereocenters. The van der Waals surface area contributed by atoms with E-state index in [4.69, 9.17) is 9.97 Å². The SMILES string of the molecule is Cc1cnc(-c2cc(-c3cccc(-c4ccccc4)c3)cc(-c3cccc4c3nc(-c3cc(C(C)(C)C)cc(C(C)(C)C)c3O)n4C)c2)cc1-c1ccc2ccccc2c1. The van der Waals surface area contributed by atoms with Gasteiger partial charge in [-0.2, -0.15) is 0 Å². The molecule has 4 nitrogen and oxygen atoms in total. The quantitative estimate of drug-likeness (QED) is 0.183. The van der Waals surface area contributed by atoms with E-state index in [9.17, 15) is 5.11 Å². The number of rotatable bonds is 6. The summed E-state index contributed by atoms with van der Waals surface area (Å²) in [5.74, 6) is 1.02. The van der Waals surface area contributed by atoms with Gasteiger partial charge in [-0.15, -0.1) is 0 Å². The second kappa shape index (κ2) is 14.8. The zero-order chi connectivity index (χ0) is 41.9. The predicted octanol–water partition coefficient (Wildman–Crippen LogP) is 14.7. The van der Waals surface area contributed by atoms with Gasteiger partial charge in [-0.3, -0.25) is 4.98 Å². The number of para-hydroxylation sites is 1. The lowest BCUT2D eigenvalue weighted by molar-refractivity contribution is 0.446. The topological polar surface area (TPSA) is 50.9 Å². The van der Waals surface area contributed by atoms with Crippen molar-refractivity contribution < 1.29 is 5.11 Å². The average Bonchev–Trinajstić information content (AvgIpc) is 3.58. The molecular formula is C56H51N3O. The molecule has 0 saturated carbocycles. The Morgan fingerprint density at radius 1 is 0.500 bits per heavy atom. The Labute approximate surface area is 353 Å². The van der Waals surface area contributed by atoms with Crippen molar-refractivity contribution in [1.29, 1.82) is 0 Å². The third-order valence-electron chi connectivity index (χ3n) is 11.9. The first kappa shape index (κ1) is 38.7. The fourth-order valence-corrected chi connectivity index (χ4v) is 8.45. The van der Waals surface area contributed by atoms with Crippen molar-refractivity contribution in [3.8, 4) is 72.9 Å². The maximum Gasteiger partial charge on any atom is 0.144 e. The number of hydrogen-bond acceptors (Lipinski definition) is 3. The van der Waals surface area contributed by atoms with Gasteiger partial charge in [-0.1, -0.05) is 145 Å². The van der Waals surface area contributed by atoms with Crippen molar-refractivity contribution in [2.45, 2.75) is 59.3 Å². The van der Waals surface area contributed by atoms with Crippen molar-refractivity contribution in [3.05, 3.63) is 175 Å². The van der Waals surface area contributed by atoms with Gasteiger partial charge in [0.15, 0.2) is 0 Å². The van der Waals surface area contributed by atoms with Crippen molar-refractivity contribution in [2.24, 2.45) is 7.05 Å². The van der Waals surface area contributed by atoms with Crippen LogP contribution in [-0.2, 0) is 17.9 Å². The first-order valence-electron chi connectivity index (χ1n) is 20.8. The Bertz CT molecular complexity index is 3090. The summed E-state index contributed by atoms with van der Waals surface area (Å²) in [6.45, 7) is 15.2. The summed E-state index contributed by atoms with van der Waals surface area (Å²) in [6, 6.07) is 54.2. The number of nitrogens with zero attached hydrogens (tertiary/aromatic N) is 3. The van der Waals surface area contributed by atoms with Gasteiger partial charge < -0.3 is 9.67 Å². The molecule has 0 aliphatic rings. The lowest BCUT2D eigenvalue weighted by atomic mass is 9.79. The van der Waals surface area contributed by atoms with E-state index < -0.39 is 0 Å². The molecule has 60 heavy (non-hydrogen) atoms. The molecule has 1 N–H and O–H groups in total. The third-order valence-corrected chi connectivity index (χ3v) is 11.9. The summed E-state index contributed by atoms with van der Waals surface area (Å²) in [6.07, 6.45) is 2.00. The van der Waals surface area contributed by atoms with E-state index in [2.05, 4.69) is 212 Å². The van der Waals surface area contributed by atoms with E-state index in [0.717, 1.165) is 83.7 Å². The highest BCUT2D eigenvalue weighted by Gasteiger charge is 2.28. The van der Waals surface area contributed by atoms with Crippen molar-refractivity contribution >= 4 is 21.8 Å². The molecule has 0 aliphatic carbocycles. The van der Waals surface area contributed by atoms with Crippen LogP contribution in [0.15, 0.2) is 158 Å². The summed E-state index contributed by atoms with van der Waals surface area (Å²) in [5.41, 5.74) is 16.3. The van der Waals surface area contributed by atoms with Crippen LogP contribution in [0.4, 0.5) is 0 Å². The van der Waals surface area contributed by atoms with Crippen molar-refractivity contribution in [3.63, 3.8) is 0 Å². The highest BCUT2D eigenvalue weighted by Crippen LogP contribution is 2.44. The summed E-state index contributed by atoms with van der Waals surface area (Å²) < 4.78 is 2.12.